The molecule has 10 nitrogen and oxygen atoms in total. The fourth-order valence-electron chi connectivity index (χ4n) is 5.09. The number of anilines is 1. The summed E-state index contributed by atoms with van der Waals surface area (Å²) in [4.78, 5) is 53.0. The van der Waals surface area contributed by atoms with Crippen molar-refractivity contribution < 1.29 is 41.5 Å². The Morgan fingerprint density at radius 3 is 2.50 bits per heavy atom. The molecular formula is C28H25F4N5O5. The van der Waals surface area contributed by atoms with E-state index in [2.05, 4.69) is 10.4 Å². The molecule has 5 rings (SSSR count). The van der Waals surface area contributed by atoms with E-state index in [1.807, 2.05) is 0 Å². The van der Waals surface area contributed by atoms with Gasteiger partial charge in [-0.25, -0.2) is 14.1 Å². The number of ether oxygens (including phenoxy) is 1. The number of imide groups is 1. The summed E-state index contributed by atoms with van der Waals surface area (Å²) in [6, 6.07) is 8.55. The Morgan fingerprint density at radius 2 is 1.86 bits per heavy atom. The van der Waals surface area contributed by atoms with Gasteiger partial charge < -0.3 is 15.0 Å². The lowest BCUT2D eigenvalue weighted by Crippen LogP contribution is -2.51. The van der Waals surface area contributed by atoms with Crippen molar-refractivity contribution in [2.24, 2.45) is 7.05 Å². The zero-order valence-electron chi connectivity index (χ0n) is 22.4. The van der Waals surface area contributed by atoms with Crippen LogP contribution in [0.5, 0.6) is 0 Å². The van der Waals surface area contributed by atoms with Crippen molar-refractivity contribution in [3.63, 3.8) is 0 Å². The number of aryl methyl sites for hydroxylation is 2. The van der Waals surface area contributed by atoms with Crippen LogP contribution in [0.1, 0.15) is 40.5 Å². The minimum absolute atomic E-state index is 0.0491. The molecule has 2 atom stereocenters. The van der Waals surface area contributed by atoms with Gasteiger partial charge in [0.1, 0.15) is 18.4 Å². The second kappa shape index (κ2) is 10.6. The minimum atomic E-state index is -4.81. The molecule has 0 bridgehead atoms. The first-order chi connectivity index (χ1) is 19.8. The Morgan fingerprint density at radius 1 is 1.14 bits per heavy atom. The fraction of sp³-hybridized carbons (Fsp3) is 0.321. The molecule has 1 aliphatic carbocycles. The predicted molar refractivity (Wildman–Crippen MR) is 138 cm³/mol. The van der Waals surface area contributed by atoms with Gasteiger partial charge in [-0.05, 0) is 54.8 Å². The van der Waals surface area contributed by atoms with Crippen LogP contribution in [-0.4, -0.2) is 62.2 Å². The molecule has 0 radical (unpaired) electrons. The topological polar surface area (TPSA) is 114 Å². The number of benzene rings is 2. The van der Waals surface area contributed by atoms with Crippen LogP contribution in [0.25, 0.3) is 0 Å². The third kappa shape index (κ3) is 5.31. The van der Waals surface area contributed by atoms with E-state index in [1.165, 1.54) is 28.9 Å². The number of amides is 4. The fourth-order valence-corrected chi connectivity index (χ4v) is 5.09. The normalized spacial score (nSPS) is 18.7. The van der Waals surface area contributed by atoms with Gasteiger partial charge in [0.05, 0.1) is 0 Å². The Kier molecular flexibility index (Phi) is 7.25. The van der Waals surface area contributed by atoms with Crippen LogP contribution in [0, 0.1) is 5.82 Å². The number of hydrogen-bond donors (Lipinski definition) is 1. The van der Waals surface area contributed by atoms with E-state index >= 15 is 0 Å². The van der Waals surface area contributed by atoms with Crippen LogP contribution in [0.3, 0.4) is 0 Å². The van der Waals surface area contributed by atoms with Gasteiger partial charge in [-0.3, -0.25) is 19.1 Å². The quantitative estimate of drug-likeness (QED) is 0.420. The van der Waals surface area contributed by atoms with E-state index in [0.717, 1.165) is 19.1 Å². The lowest BCUT2D eigenvalue weighted by molar-refractivity contribution is -0.187. The minimum Gasteiger partial charge on any atom is -0.427 e. The number of nitrogens with one attached hydrogen (secondary N) is 1. The zero-order valence-corrected chi connectivity index (χ0v) is 22.4. The van der Waals surface area contributed by atoms with Gasteiger partial charge in [0.25, 0.3) is 11.8 Å². The molecule has 3 aromatic rings. The second-order valence-electron chi connectivity index (χ2n) is 10.2. The lowest BCUT2D eigenvalue weighted by Gasteiger charge is -2.31. The summed E-state index contributed by atoms with van der Waals surface area (Å²) in [6.45, 7) is -0.725. The van der Waals surface area contributed by atoms with Crippen LogP contribution in [0.4, 0.5) is 28.0 Å². The molecule has 1 fully saturated rings. The molecule has 42 heavy (non-hydrogen) atoms. The molecule has 1 spiro atoms. The van der Waals surface area contributed by atoms with Crippen molar-refractivity contribution in [2.45, 2.75) is 44.1 Å². The molecule has 0 saturated carbocycles. The second-order valence-corrected chi connectivity index (χ2v) is 10.2. The van der Waals surface area contributed by atoms with Crippen LogP contribution in [0.2, 0.25) is 0 Å². The number of hydrogen-bond acceptors (Lipinski definition) is 6. The maximum absolute atomic E-state index is 13.7. The predicted octanol–water partition coefficient (Wildman–Crippen LogP) is 3.91. The van der Waals surface area contributed by atoms with Crippen molar-refractivity contribution in [1.82, 2.24) is 19.6 Å². The summed E-state index contributed by atoms with van der Waals surface area (Å²) >= 11 is 0. The maximum Gasteiger partial charge on any atom is 0.418 e. The highest BCUT2D eigenvalue weighted by atomic mass is 19.4. The molecular weight excluding hydrogens is 562 g/mol. The largest absolute Gasteiger partial charge is 0.427 e. The first kappa shape index (κ1) is 28.8. The molecule has 4 amide bonds. The van der Waals surface area contributed by atoms with E-state index in [-0.39, 0.29) is 17.7 Å². The summed E-state index contributed by atoms with van der Waals surface area (Å²) in [5.74, 6) is -3.06. The number of alkyl halides is 3. The molecule has 220 valence electrons. The highest BCUT2D eigenvalue weighted by molar-refractivity contribution is 6.07. The summed E-state index contributed by atoms with van der Waals surface area (Å²) in [5, 5.41) is 6.75. The van der Waals surface area contributed by atoms with Gasteiger partial charge in [-0.2, -0.15) is 18.3 Å². The van der Waals surface area contributed by atoms with Crippen molar-refractivity contribution in [2.75, 3.05) is 11.9 Å². The van der Waals surface area contributed by atoms with Crippen LogP contribution in [-0.2, 0) is 39.9 Å². The Labute approximate surface area is 236 Å². The number of nitrogens with zero attached hydrogens (tertiary/aromatic N) is 4. The Hall–Kier alpha value is -4.75. The first-order valence-electron chi connectivity index (χ1n) is 12.9. The molecule has 2 aliphatic rings. The van der Waals surface area contributed by atoms with E-state index in [1.54, 1.807) is 25.4 Å². The molecule has 2 heterocycles. The van der Waals surface area contributed by atoms with Gasteiger partial charge in [-0.15, -0.1) is 0 Å². The first-order valence-corrected chi connectivity index (χ1v) is 12.9. The van der Waals surface area contributed by atoms with Gasteiger partial charge in [0, 0.05) is 37.5 Å². The molecule has 2 aromatic carbocycles. The molecule has 1 N–H and O–H groups in total. The third-order valence-electron chi connectivity index (χ3n) is 7.38. The summed E-state index contributed by atoms with van der Waals surface area (Å²) < 4.78 is 61.2. The smallest absolute Gasteiger partial charge is 0.418 e. The number of halogens is 4. The lowest BCUT2D eigenvalue weighted by atomic mass is 9.94. The van der Waals surface area contributed by atoms with Gasteiger partial charge in [-0.1, -0.05) is 18.2 Å². The van der Waals surface area contributed by atoms with E-state index in [9.17, 15) is 36.7 Å². The highest BCUT2D eigenvalue weighted by Crippen LogP contribution is 2.46. The Balaban J connectivity index is 1.34. The SMILES string of the molecule is C[C@H](N(Cc1ccc(F)cc1)C(=O)CN1C(=O)O[C@@]2(CCc3cc(NC(=O)c4ccn(C)n4)ccc32)C1=O)C(F)(F)F. The number of carbonyl (C=O) groups excluding carboxylic acids is 4. The molecule has 0 unspecified atom stereocenters. The molecule has 1 saturated heterocycles. The van der Waals surface area contributed by atoms with Gasteiger partial charge >= 0.3 is 12.3 Å². The standard InChI is InChI=1S/C28H25F4N5O5/c1-16(28(30,31)32)36(14-17-3-5-19(29)6-4-17)23(38)15-37-25(40)27(42-26(37)41)11-9-18-13-20(7-8-21(18)27)33-24(39)22-10-12-35(2)34-22/h3-8,10,12-13,16H,9,11,14-15H2,1-2H3,(H,33,39)/t16-,27+/m0/s1. The van der Waals surface area contributed by atoms with Gasteiger partial charge in [0.2, 0.25) is 11.5 Å². The van der Waals surface area contributed by atoms with E-state index in [4.69, 9.17) is 4.74 Å². The number of aromatic nitrogens is 2. The van der Waals surface area contributed by atoms with Crippen LogP contribution >= 0.6 is 0 Å². The maximum atomic E-state index is 13.7. The number of fused-ring (bicyclic) bond motifs is 2. The van der Waals surface area contributed by atoms with Crippen molar-refractivity contribution in [3.8, 4) is 0 Å². The number of carbonyl (C=O) groups is 4. The summed E-state index contributed by atoms with van der Waals surface area (Å²) in [5.41, 5.74) is 0.0765. The van der Waals surface area contributed by atoms with Crippen LogP contribution in [0.15, 0.2) is 54.7 Å². The zero-order chi connectivity index (χ0) is 30.4. The monoisotopic (exact) mass is 587 g/mol. The van der Waals surface area contributed by atoms with E-state index in [0.29, 0.717) is 33.0 Å². The summed E-state index contributed by atoms with van der Waals surface area (Å²) in [7, 11) is 1.67. The van der Waals surface area contributed by atoms with Gasteiger partial charge in [0.15, 0.2) is 5.69 Å². The molecule has 1 aliphatic heterocycles. The van der Waals surface area contributed by atoms with Crippen molar-refractivity contribution in [3.05, 3.63) is 82.9 Å². The third-order valence-corrected chi connectivity index (χ3v) is 7.38. The average Bonchev–Trinajstić information content (AvgIpc) is 3.60. The highest BCUT2D eigenvalue weighted by Gasteiger charge is 2.58. The van der Waals surface area contributed by atoms with Crippen molar-refractivity contribution >= 4 is 29.5 Å². The average molecular weight is 588 g/mol. The van der Waals surface area contributed by atoms with E-state index < -0.39 is 60.5 Å². The Bertz CT molecular complexity index is 1570. The molecule has 1 aromatic heterocycles. The van der Waals surface area contributed by atoms with Crippen molar-refractivity contribution in [1.29, 1.82) is 0 Å². The number of rotatable bonds is 7. The summed E-state index contributed by atoms with van der Waals surface area (Å²) in [6.07, 6.45) is -4.00. The van der Waals surface area contributed by atoms with Crippen LogP contribution < -0.4 is 5.32 Å². The molecule has 14 heteroatoms.